The fourth-order valence-electron chi connectivity index (χ4n) is 4.30. The van der Waals surface area contributed by atoms with Crippen LogP contribution in [-0.2, 0) is 4.79 Å². The lowest BCUT2D eigenvalue weighted by molar-refractivity contribution is -0.116. The second-order valence-corrected chi connectivity index (χ2v) is 8.65. The zero-order chi connectivity index (χ0) is 21.9. The van der Waals surface area contributed by atoms with Gasteiger partial charge in [0.2, 0.25) is 0 Å². The molecule has 4 aromatic rings. The van der Waals surface area contributed by atoms with Crippen molar-refractivity contribution in [3.8, 4) is 0 Å². The first kappa shape index (κ1) is 20.4. The number of Topliss-reactive ketones (excluding diaryl/α,β-unsaturated/α-hetero) is 1. The highest BCUT2D eigenvalue weighted by molar-refractivity contribution is 9.10. The van der Waals surface area contributed by atoms with Crippen LogP contribution in [0.25, 0.3) is 11.1 Å². The van der Waals surface area contributed by atoms with Gasteiger partial charge in [0.25, 0.3) is 0 Å². The Morgan fingerprint density at radius 3 is 1.16 bits per heavy atom. The number of ketones is 1. The van der Waals surface area contributed by atoms with Crippen LogP contribution in [0.2, 0.25) is 0 Å². The van der Waals surface area contributed by atoms with Crippen LogP contribution in [0.1, 0.15) is 22.3 Å². The third-order valence-corrected chi connectivity index (χ3v) is 6.64. The van der Waals surface area contributed by atoms with Crippen LogP contribution in [0.3, 0.4) is 0 Å². The Hall–Kier alpha value is -3.49. The van der Waals surface area contributed by atoms with Gasteiger partial charge in [-0.1, -0.05) is 137 Å². The van der Waals surface area contributed by atoms with Crippen molar-refractivity contribution in [3.63, 3.8) is 0 Å². The summed E-state index contributed by atoms with van der Waals surface area (Å²) in [7, 11) is 0. The lowest BCUT2D eigenvalue weighted by Gasteiger charge is -2.33. The molecule has 0 saturated heterocycles. The van der Waals surface area contributed by atoms with E-state index in [0.717, 1.165) is 44.5 Å². The first-order valence-electron chi connectivity index (χ1n) is 10.6. The third-order valence-electron chi connectivity index (χ3n) is 5.77. The van der Waals surface area contributed by atoms with Crippen LogP contribution in [-0.4, -0.2) is 10.6 Å². The summed E-state index contributed by atoms with van der Waals surface area (Å²) in [5, 5.41) is 0. The van der Waals surface area contributed by atoms with Crippen molar-refractivity contribution in [1.29, 1.82) is 0 Å². The summed E-state index contributed by atoms with van der Waals surface area (Å²) in [5.41, 5.74) is 8.17. The van der Waals surface area contributed by atoms with E-state index in [2.05, 4.69) is 64.5 Å². The summed E-state index contributed by atoms with van der Waals surface area (Å²) < 4.78 is 0. The summed E-state index contributed by atoms with van der Waals surface area (Å²) in [6.45, 7) is 0. The predicted molar refractivity (Wildman–Crippen MR) is 136 cm³/mol. The summed E-state index contributed by atoms with van der Waals surface area (Å²) >= 11 is 3.70. The maximum Gasteiger partial charge on any atom is 0.181 e. The number of halogens is 1. The van der Waals surface area contributed by atoms with E-state index in [-0.39, 0.29) is 10.6 Å². The molecule has 2 heteroatoms. The molecule has 0 N–H and O–H groups in total. The molecule has 0 radical (unpaired) electrons. The Kier molecular flexibility index (Phi) is 5.70. The van der Waals surface area contributed by atoms with Gasteiger partial charge in [0.05, 0.1) is 0 Å². The Morgan fingerprint density at radius 2 is 0.812 bits per heavy atom. The molecule has 1 atom stereocenters. The van der Waals surface area contributed by atoms with Crippen molar-refractivity contribution in [2.75, 3.05) is 0 Å². The molecule has 4 aromatic carbocycles. The minimum Gasteiger partial charge on any atom is -0.292 e. The van der Waals surface area contributed by atoms with Gasteiger partial charge in [0.1, 0.15) is 4.83 Å². The van der Waals surface area contributed by atoms with Crippen molar-refractivity contribution in [1.82, 2.24) is 0 Å². The quantitative estimate of drug-likeness (QED) is 0.222. The normalized spacial score (nSPS) is 15.3. The van der Waals surface area contributed by atoms with Gasteiger partial charge in [-0.25, -0.2) is 0 Å². The fourth-order valence-corrected chi connectivity index (χ4v) is 4.99. The lowest BCUT2D eigenvalue weighted by Crippen LogP contribution is -2.35. The van der Waals surface area contributed by atoms with E-state index in [1.807, 2.05) is 72.8 Å². The van der Waals surface area contributed by atoms with Gasteiger partial charge >= 0.3 is 0 Å². The van der Waals surface area contributed by atoms with E-state index in [4.69, 9.17) is 0 Å². The van der Waals surface area contributed by atoms with Gasteiger partial charge in [-0.15, -0.1) is 0 Å². The maximum atomic E-state index is 13.4. The average molecular weight is 477 g/mol. The fraction of sp³-hybridized carbons (Fsp3) is 0.0333. The number of benzene rings is 4. The molecule has 0 bridgehead atoms. The van der Waals surface area contributed by atoms with Gasteiger partial charge in [-0.05, 0) is 33.4 Å². The number of alkyl halides is 1. The molecule has 0 spiro atoms. The first-order chi connectivity index (χ1) is 15.8. The van der Waals surface area contributed by atoms with Crippen LogP contribution in [0.4, 0.5) is 0 Å². The molecule has 0 amide bonds. The summed E-state index contributed by atoms with van der Waals surface area (Å²) in [6, 6.07) is 41.0. The van der Waals surface area contributed by atoms with Crippen LogP contribution >= 0.6 is 15.9 Å². The molecule has 0 aliphatic heterocycles. The van der Waals surface area contributed by atoms with E-state index in [9.17, 15) is 4.79 Å². The largest absolute Gasteiger partial charge is 0.292 e. The third kappa shape index (κ3) is 3.68. The molecule has 1 aliphatic carbocycles. The van der Waals surface area contributed by atoms with Crippen molar-refractivity contribution in [3.05, 3.63) is 155 Å². The Balaban J connectivity index is 1.87. The number of hydrogen-bond acceptors (Lipinski definition) is 1. The zero-order valence-corrected chi connectivity index (χ0v) is 19.0. The van der Waals surface area contributed by atoms with E-state index in [1.165, 1.54) is 0 Å². The van der Waals surface area contributed by atoms with Gasteiger partial charge in [0.15, 0.2) is 5.78 Å². The Labute approximate surface area is 196 Å². The highest BCUT2D eigenvalue weighted by Crippen LogP contribution is 2.47. The highest BCUT2D eigenvalue weighted by atomic mass is 79.9. The molecule has 32 heavy (non-hydrogen) atoms. The van der Waals surface area contributed by atoms with Crippen LogP contribution in [0.15, 0.2) is 132 Å². The first-order valence-corrected chi connectivity index (χ1v) is 11.6. The van der Waals surface area contributed by atoms with E-state index < -0.39 is 0 Å². The molecule has 1 fully saturated rings. The minimum absolute atomic E-state index is 0.118. The number of carbonyl (C=O) groups excluding carboxylic acids is 1. The lowest BCUT2D eigenvalue weighted by atomic mass is 9.72. The van der Waals surface area contributed by atoms with Crippen molar-refractivity contribution in [2.24, 2.45) is 0 Å². The van der Waals surface area contributed by atoms with Crippen LogP contribution < -0.4 is 0 Å². The summed E-state index contributed by atoms with van der Waals surface area (Å²) in [4.78, 5) is 13.1. The SMILES string of the molecule is O=C1C(=C(c2ccccc2)c2ccccc2)C(=C(c2ccccc2)c2ccccc2)C1Br. The minimum atomic E-state index is -0.338. The molecule has 1 unspecified atom stereocenters. The number of carbonyl (C=O) groups is 1. The van der Waals surface area contributed by atoms with E-state index in [1.54, 1.807) is 0 Å². The second kappa shape index (κ2) is 8.94. The monoisotopic (exact) mass is 476 g/mol. The zero-order valence-electron chi connectivity index (χ0n) is 17.4. The molecular formula is C30H21BrO. The van der Waals surface area contributed by atoms with E-state index in [0.29, 0.717) is 0 Å². The Bertz CT molecular complexity index is 1220. The smallest absolute Gasteiger partial charge is 0.181 e. The number of rotatable bonds is 4. The number of allylic oxidation sites excluding steroid dienone is 2. The molecule has 0 aromatic heterocycles. The maximum absolute atomic E-state index is 13.4. The molecule has 1 saturated carbocycles. The highest BCUT2D eigenvalue weighted by Gasteiger charge is 2.43. The van der Waals surface area contributed by atoms with Gasteiger partial charge in [-0.3, -0.25) is 4.79 Å². The molecule has 0 heterocycles. The molecule has 5 rings (SSSR count). The Morgan fingerprint density at radius 1 is 0.500 bits per heavy atom. The van der Waals surface area contributed by atoms with Crippen molar-refractivity contribution < 1.29 is 4.79 Å². The van der Waals surface area contributed by atoms with Gasteiger partial charge < -0.3 is 0 Å². The molecule has 154 valence electrons. The molecule has 1 aliphatic rings. The van der Waals surface area contributed by atoms with Gasteiger partial charge in [-0.2, -0.15) is 0 Å². The van der Waals surface area contributed by atoms with Crippen molar-refractivity contribution in [2.45, 2.75) is 4.83 Å². The second-order valence-electron chi connectivity index (χ2n) is 7.73. The average Bonchev–Trinajstić information content (AvgIpc) is 2.88. The van der Waals surface area contributed by atoms with Gasteiger partial charge in [0, 0.05) is 11.1 Å². The topological polar surface area (TPSA) is 17.1 Å². The molecule has 1 nitrogen and oxygen atoms in total. The predicted octanol–water partition coefficient (Wildman–Crippen LogP) is 7.34. The number of hydrogen-bond donors (Lipinski definition) is 0. The van der Waals surface area contributed by atoms with Crippen LogP contribution in [0.5, 0.6) is 0 Å². The molecular weight excluding hydrogens is 456 g/mol. The van der Waals surface area contributed by atoms with E-state index >= 15 is 0 Å². The summed E-state index contributed by atoms with van der Waals surface area (Å²) in [6.07, 6.45) is 0. The van der Waals surface area contributed by atoms with Crippen LogP contribution in [0, 0.1) is 0 Å². The van der Waals surface area contributed by atoms with Crippen molar-refractivity contribution >= 4 is 32.9 Å². The summed E-state index contributed by atoms with van der Waals surface area (Å²) in [5.74, 6) is 0.118. The standard InChI is InChI=1S/C30H21BrO/c31-29-27(25(21-13-5-1-6-14-21)22-15-7-2-8-16-22)28(30(29)32)26(23-17-9-3-10-18-23)24-19-11-4-12-20-24/h1-20,29H.